The van der Waals surface area contributed by atoms with Crippen molar-refractivity contribution in [3.05, 3.63) is 41.4 Å². The van der Waals surface area contributed by atoms with Crippen LogP contribution in [0.4, 0.5) is 5.82 Å². The zero-order valence-electron chi connectivity index (χ0n) is 14.5. The Kier molecular flexibility index (Phi) is 4.83. The smallest absolute Gasteiger partial charge is 0.254 e. The van der Waals surface area contributed by atoms with Crippen LogP contribution < -0.4 is 4.90 Å². The Morgan fingerprint density at radius 3 is 3.00 bits per heavy atom. The van der Waals surface area contributed by atoms with E-state index in [0.29, 0.717) is 18.0 Å². The zero-order chi connectivity index (χ0) is 17.1. The molecule has 1 aliphatic heterocycles. The van der Waals surface area contributed by atoms with E-state index in [1.807, 2.05) is 19.1 Å². The van der Waals surface area contributed by atoms with Crippen molar-refractivity contribution in [2.75, 3.05) is 25.0 Å². The van der Waals surface area contributed by atoms with Crippen molar-refractivity contribution in [1.29, 1.82) is 0 Å². The van der Waals surface area contributed by atoms with Crippen LogP contribution in [0, 0.1) is 12.8 Å². The van der Waals surface area contributed by atoms with Gasteiger partial charge in [0.2, 0.25) is 0 Å². The van der Waals surface area contributed by atoms with Crippen molar-refractivity contribution in [3.63, 3.8) is 0 Å². The van der Waals surface area contributed by atoms with Gasteiger partial charge in [0.1, 0.15) is 17.3 Å². The Labute approximate surface area is 142 Å². The maximum absolute atomic E-state index is 12.7. The molecular weight excluding hydrogens is 304 g/mol. The molecule has 6 nitrogen and oxygen atoms in total. The van der Waals surface area contributed by atoms with Crippen molar-refractivity contribution in [2.45, 2.75) is 33.2 Å². The molecule has 0 aliphatic carbocycles. The Hall–Kier alpha value is -2.37. The van der Waals surface area contributed by atoms with Gasteiger partial charge in [0, 0.05) is 38.0 Å². The number of hydrogen-bond acceptors (Lipinski definition) is 5. The zero-order valence-corrected chi connectivity index (χ0v) is 14.5. The molecule has 1 saturated heterocycles. The number of rotatable bonds is 4. The molecule has 0 saturated carbocycles. The molecule has 128 valence electrons. The summed E-state index contributed by atoms with van der Waals surface area (Å²) in [7, 11) is 1.77. The SMILES string of the molecule is Cc1cc(CN(C)C(=O)c2ccnc(N3CCCC(C)C3)c2)no1. The third-order valence-electron chi connectivity index (χ3n) is 4.40. The van der Waals surface area contributed by atoms with Crippen molar-refractivity contribution in [1.82, 2.24) is 15.0 Å². The number of amides is 1. The molecule has 0 spiro atoms. The second-order valence-corrected chi connectivity index (χ2v) is 6.69. The molecule has 1 unspecified atom stereocenters. The largest absolute Gasteiger partial charge is 0.361 e. The molecule has 0 bridgehead atoms. The number of aryl methyl sites for hydroxylation is 1. The summed E-state index contributed by atoms with van der Waals surface area (Å²) in [6.45, 7) is 6.53. The van der Waals surface area contributed by atoms with Crippen LogP contribution in [-0.2, 0) is 6.54 Å². The first kappa shape index (κ1) is 16.5. The van der Waals surface area contributed by atoms with E-state index in [-0.39, 0.29) is 5.91 Å². The van der Waals surface area contributed by atoms with Crippen molar-refractivity contribution in [2.24, 2.45) is 5.92 Å². The summed E-state index contributed by atoms with van der Waals surface area (Å²) in [5.74, 6) is 2.26. The fourth-order valence-corrected chi connectivity index (χ4v) is 3.15. The lowest BCUT2D eigenvalue weighted by atomic mass is 10.0. The third-order valence-corrected chi connectivity index (χ3v) is 4.40. The summed E-state index contributed by atoms with van der Waals surface area (Å²) < 4.78 is 5.05. The van der Waals surface area contributed by atoms with Gasteiger partial charge in [-0.15, -0.1) is 0 Å². The lowest BCUT2D eigenvalue weighted by Gasteiger charge is -2.32. The van der Waals surface area contributed by atoms with E-state index in [9.17, 15) is 4.79 Å². The summed E-state index contributed by atoms with van der Waals surface area (Å²) in [5, 5.41) is 3.94. The second-order valence-electron chi connectivity index (χ2n) is 6.69. The van der Waals surface area contributed by atoms with Crippen LogP contribution in [0.15, 0.2) is 28.9 Å². The van der Waals surface area contributed by atoms with Gasteiger partial charge in [0.25, 0.3) is 5.91 Å². The van der Waals surface area contributed by atoms with Crippen LogP contribution in [-0.4, -0.2) is 41.1 Å². The summed E-state index contributed by atoms with van der Waals surface area (Å²) in [6.07, 6.45) is 4.15. The Balaban J connectivity index is 1.71. The highest BCUT2D eigenvalue weighted by Crippen LogP contribution is 2.22. The molecule has 0 radical (unpaired) electrons. The number of carbonyl (C=O) groups is 1. The fourth-order valence-electron chi connectivity index (χ4n) is 3.15. The van der Waals surface area contributed by atoms with Gasteiger partial charge >= 0.3 is 0 Å². The lowest BCUT2D eigenvalue weighted by molar-refractivity contribution is 0.0782. The van der Waals surface area contributed by atoms with Gasteiger partial charge in [-0.2, -0.15) is 0 Å². The van der Waals surface area contributed by atoms with Crippen LogP contribution in [0.5, 0.6) is 0 Å². The topological polar surface area (TPSA) is 62.5 Å². The van der Waals surface area contributed by atoms with Gasteiger partial charge in [0.15, 0.2) is 0 Å². The molecule has 1 aliphatic rings. The number of piperidine rings is 1. The maximum Gasteiger partial charge on any atom is 0.254 e. The van der Waals surface area contributed by atoms with E-state index in [1.165, 1.54) is 12.8 Å². The van der Waals surface area contributed by atoms with Crippen LogP contribution in [0.25, 0.3) is 0 Å². The first-order chi connectivity index (χ1) is 11.5. The molecule has 3 rings (SSSR count). The van der Waals surface area contributed by atoms with E-state index in [2.05, 4.69) is 22.0 Å². The molecule has 1 fully saturated rings. The van der Waals surface area contributed by atoms with Crippen LogP contribution in [0.2, 0.25) is 0 Å². The van der Waals surface area contributed by atoms with E-state index < -0.39 is 0 Å². The standard InChI is InChI=1S/C18H24N4O2/c1-13-5-4-8-22(11-13)17-10-15(6-7-19-17)18(23)21(3)12-16-9-14(2)24-20-16/h6-7,9-10,13H,4-5,8,11-12H2,1-3H3. The quantitative estimate of drug-likeness (QED) is 0.863. The minimum atomic E-state index is -0.0376. The molecule has 1 amide bonds. The number of carbonyl (C=O) groups excluding carboxylic acids is 1. The summed E-state index contributed by atoms with van der Waals surface area (Å²) in [6, 6.07) is 5.51. The molecule has 3 heterocycles. The predicted molar refractivity (Wildman–Crippen MR) is 91.9 cm³/mol. The number of nitrogens with zero attached hydrogens (tertiary/aromatic N) is 4. The molecule has 24 heavy (non-hydrogen) atoms. The van der Waals surface area contributed by atoms with Gasteiger partial charge in [-0.05, 0) is 37.8 Å². The van der Waals surface area contributed by atoms with E-state index in [1.54, 1.807) is 24.2 Å². The van der Waals surface area contributed by atoms with Gasteiger partial charge < -0.3 is 14.3 Å². The molecule has 0 N–H and O–H groups in total. The van der Waals surface area contributed by atoms with Crippen LogP contribution in [0.3, 0.4) is 0 Å². The van der Waals surface area contributed by atoms with Gasteiger partial charge in [0.05, 0.1) is 6.54 Å². The Bertz CT molecular complexity index is 713. The summed E-state index contributed by atoms with van der Waals surface area (Å²) in [5.41, 5.74) is 1.41. The van der Waals surface area contributed by atoms with Gasteiger partial charge in [-0.3, -0.25) is 4.79 Å². The highest BCUT2D eigenvalue weighted by molar-refractivity contribution is 5.94. The van der Waals surface area contributed by atoms with Crippen LogP contribution in [0.1, 0.15) is 41.6 Å². The number of pyridine rings is 1. The van der Waals surface area contributed by atoms with Crippen molar-refractivity contribution < 1.29 is 9.32 Å². The monoisotopic (exact) mass is 328 g/mol. The molecule has 0 aromatic carbocycles. The second kappa shape index (κ2) is 7.03. The number of anilines is 1. The average molecular weight is 328 g/mol. The van der Waals surface area contributed by atoms with Gasteiger partial charge in [-0.25, -0.2) is 4.98 Å². The van der Waals surface area contributed by atoms with Crippen LogP contribution >= 0.6 is 0 Å². The Morgan fingerprint density at radius 2 is 2.29 bits per heavy atom. The molecule has 1 atom stereocenters. The Morgan fingerprint density at radius 1 is 1.46 bits per heavy atom. The number of hydrogen-bond donors (Lipinski definition) is 0. The van der Waals surface area contributed by atoms with Crippen molar-refractivity contribution in [3.8, 4) is 0 Å². The minimum absolute atomic E-state index is 0.0376. The van der Waals surface area contributed by atoms with E-state index in [4.69, 9.17) is 4.52 Å². The third kappa shape index (κ3) is 3.75. The highest BCUT2D eigenvalue weighted by Gasteiger charge is 2.20. The lowest BCUT2D eigenvalue weighted by Crippen LogP contribution is -2.35. The minimum Gasteiger partial charge on any atom is -0.361 e. The first-order valence-corrected chi connectivity index (χ1v) is 8.41. The summed E-state index contributed by atoms with van der Waals surface area (Å²) in [4.78, 5) is 21.0. The van der Waals surface area contributed by atoms with E-state index >= 15 is 0 Å². The summed E-state index contributed by atoms with van der Waals surface area (Å²) >= 11 is 0. The molecular formula is C18H24N4O2. The highest BCUT2D eigenvalue weighted by atomic mass is 16.5. The fraction of sp³-hybridized carbons (Fsp3) is 0.500. The molecule has 2 aromatic rings. The average Bonchev–Trinajstić information content (AvgIpc) is 2.99. The van der Waals surface area contributed by atoms with Gasteiger partial charge in [-0.1, -0.05) is 12.1 Å². The maximum atomic E-state index is 12.7. The molecule has 2 aromatic heterocycles. The predicted octanol–water partition coefficient (Wildman–Crippen LogP) is 2.89. The van der Waals surface area contributed by atoms with E-state index in [0.717, 1.165) is 30.4 Å². The normalized spacial score (nSPS) is 17.8. The molecule has 6 heteroatoms. The first-order valence-electron chi connectivity index (χ1n) is 8.41. The van der Waals surface area contributed by atoms with Crippen molar-refractivity contribution >= 4 is 11.7 Å². The number of aromatic nitrogens is 2.